The molecule has 8 heteroatoms. The summed E-state index contributed by atoms with van der Waals surface area (Å²) in [5, 5.41) is 3.01. The van der Waals surface area contributed by atoms with Gasteiger partial charge in [-0.05, 0) is 42.2 Å². The van der Waals surface area contributed by atoms with Crippen molar-refractivity contribution >= 4 is 17.5 Å². The number of ether oxygens (including phenoxy) is 4. The van der Waals surface area contributed by atoms with Crippen LogP contribution in [0.3, 0.4) is 0 Å². The molecule has 0 aromatic heterocycles. The van der Waals surface area contributed by atoms with Crippen molar-refractivity contribution in [3.8, 4) is 17.2 Å². The van der Waals surface area contributed by atoms with Crippen molar-refractivity contribution in [3.63, 3.8) is 0 Å². The maximum atomic E-state index is 14.3. The largest absolute Gasteiger partial charge is 0.491 e. The number of anilines is 1. The second-order valence-corrected chi connectivity index (χ2v) is 9.81. The summed E-state index contributed by atoms with van der Waals surface area (Å²) in [6.45, 7) is 1.83. The molecule has 8 nitrogen and oxygen atoms in total. The Bertz CT molecular complexity index is 1420. The van der Waals surface area contributed by atoms with E-state index in [0.717, 1.165) is 41.8 Å². The first kappa shape index (κ1) is 22.2. The predicted molar refractivity (Wildman–Crippen MR) is 134 cm³/mol. The lowest BCUT2D eigenvalue weighted by Crippen LogP contribution is -2.42. The van der Waals surface area contributed by atoms with Crippen LogP contribution in [0.25, 0.3) is 0 Å². The van der Waals surface area contributed by atoms with Gasteiger partial charge in [0.15, 0.2) is 11.5 Å². The first-order chi connectivity index (χ1) is 18.1. The molecule has 4 aliphatic rings. The van der Waals surface area contributed by atoms with Gasteiger partial charge in [0.1, 0.15) is 17.8 Å². The average molecular weight is 499 g/mol. The quantitative estimate of drug-likeness (QED) is 0.579. The number of carbonyl (C=O) groups excluding carboxylic acids is 2. The lowest BCUT2D eigenvalue weighted by Gasteiger charge is -2.24. The van der Waals surface area contributed by atoms with E-state index >= 15 is 0 Å². The molecule has 3 aromatic carbocycles. The van der Waals surface area contributed by atoms with Gasteiger partial charge in [0.05, 0.1) is 12.6 Å². The molecule has 0 saturated carbocycles. The fourth-order valence-corrected chi connectivity index (χ4v) is 5.88. The highest BCUT2D eigenvalue weighted by molar-refractivity contribution is 6.11. The summed E-state index contributed by atoms with van der Waals surface area (Å²) in [4.78, 5) is 29.2. The van der Waals surface area contributed by atoms with Crippen LogP contribution in [-0.2, 0) is 21.5 Å². The Morgan fingerprint density at radius 1 is 0.973 bits per heavy atom. The average Bonchev–Trinajstić information content (AvgIpc) is 3.72. The number of para-hydroxylation sites is 1. The first-order valence-electron chi connectivity index (χ1n) is 12.6. The number of carbonyl (C=O) groups is 2. The van der Waals surface area contributed by atoms with E-state index in [2.05, 4.69) is 5.32 Å². The molecule has 0 aliphatic carbocycles. The molecule has 1 spiro atoms. The van der Waals surface area contributed by atoms with Crippen LogP contribution in [0.2, 0.25) is 0 Å². The molecule has 3 aromatic rings. The fraction of sp³-hybridized carbons (Fsp3) is 0.310. The van der Waals surface area contributed by atoms with Crippen LogP contribution < -0.4 is 24.4 Å². The van der Waals surface area contributed by atoms with Gasteiger partial charge in [-0.25, -0.2) is 0 Å². The van der Waals surface area contributed by atoms with Crippen molar-refractivity contribution < 1.29 is 28.5 Å². The highest BCUT2D eigenvalue weighted by Crippen LogP contribution is 2.55. The summed E-state index contributed by atoms with van der Waals surface area (Å²) in [6.07, 6.45) is 2.03. The summed E-state index contributed by atoms with van der Waals surface area (Å²) < 4.78 is 22.8. The van der Waals surface area contributed by atoms with Crippen molar-refractivity contribution in [1.82, 2.24) is 5.32 Å². The minimum absolute atomic E-state index is 0.0567. The normalized spacial score (nSPS) is 22.8. The number of benzene rings is 3. The molecule has 7 rings (SSSR count). The van der Waals surface area contributed by atoms with Crippen molar-refractivity contribution in [2.24, 2.45) is 0 Å². The molecular weight excluding hydrogens is 472 g/mol. The molecule has 4 aliphatic heterocycles. The van der Waals surface area contributed by atoms with E-state index in [0.29, 0.717) is 29.4 Å². The van der Waals surface area contributed by atoms with Crippen molar-refractivity contribution in [1.29, 1.82) is 0 Å². The fourth-order valence-electron chi connectivity index (χ4n) is 5.88. The number of fused-ring (bicyclic) bond motifs is 5. The number of hydrogen-bond donors (Lipinski definition) is 1. The van der Waals surface area contributed by atoms with Crippen LogP contribution in [0.15, 0.2) is 60.7 Å². The number of nitrogens with one attached hydrogen (secondary N) is 1. The van der Waals surface area contributed by atoms with Gasteiger partial charge in [-0.15, -0.1) is 0 Å². The third kappa shape index (κ3) is 3.39. The van der Waals surface area contributed by atoms with E-state index in [-0.39, 0.29) is 37.9 Å². The zero-order chi connectivity index (χ0) is 25.0. The molecule has 0 radical (unpaired) electrons. The lowest BCUT2D eigenvalue weighted by molar-refractivity contribution is -0.122. The third-order valence-electron chi connectivity index (χ3n) is 7.75. The van der Waals surface area contributed by atoms with E-state index in [1.807, 2.05) is 48.5 Å². The number of hydrogen-bond acceptors (Lipinski definition) is 6. The smallest absolute Gasteiger partial charge is 0.251 e. The highest BCUT2D eigenvalue weighted by atomic mass is 16.7. The number of nitrogens with zero attached hydrogens (tertiary/aromatic N) is 1. The molecule has 2 unspecified atom stereocenters. The molecule has 188 valence electrons. The zero-order valence-electron chi connectivity index (χ0n) is 20.2. The van der Waals surface area contributed by atoms with Gasteiger partial charge in [0, 0.05) is 36.0 Å². The molecule has 1 N–H and O–H groups in total. The van der Waals surface area contributed by atoms with Gasteiger partial charge in [0.25, 0.3) is 5.91 Å². The predicted octanol–water partition coefficient (Wildman–Crippen LogP) is 3.55. The van der Waals surface area contributed by atoms with Crippen molar-refractivity contribution in [2.75, 3.05) is 31.5 Å². The third-order valence-corrected chi connectivity index (χ3v) is 7.75. The Balaban J connectivity index is 1.23. The topological polar surface area (TPSA) is 86.3 Å². The Hall–Kier alpha value is -4.04. The van der Waals surface area contributed by atoms with Crippen LogP contribution in [0, 0.1) is 0 Å². The summed E-state index contributed by atoms with van der Waals surface area (Å²) in [5.74, 6) is 1.61. The lowest BCUT2D eigenvalue weighted by atomic mass is 9.77. The van der Waals surface area contributed by atoms with Gasteiger partial charge in [-0.3, -0.25) is 9.59 Å². The van der Waals surface area contributed by atoms with Gasteiger partial charge in [-0.1, -0.05) is 36.4 Å². The molecule has 2 amide bonds. The summed E-state index contributed by atoms with van der Waals surface area (Å²) in [5.41, 5.74) is 2.83. The second kappa shape index (κ2) is 8.52. The maximum absolute atomic E-state index is 14.3. The van der Waals surface area contributed by atoms with E-state index in [9.17, 15) is 9.59 Å². The maximum Gasteiger partial charge on any atom is 0.251 e. The second-order valence-electron chi connectivity index (χ2n) is 9.81. The SMILES string of the molecule is O=C(NCC1CCCO1)c1ccccc1CN1C(=O)C2(COc3cc4c(cc32)OCO4)c2ccccc21. The van der Waals surface area contributed by atoms with Crippen LogP contribution in [0.5, 0.6) is 17.2 Å². The van der Waals surface area contributed by atoms with Crippen molar-refractivity contribution in [2.45, 2.75) is 30.9 Å². The Morgan fingerprint density at radius 3 is 2.65 bits per heavy atom. The van der Waals surface area contributed by atoms with Gasteiger partial charge in [-0.2, -0.15) is 0 Å². The molecule has 4 heterocycles. The summed E-state index contributed by atoms with van der Waals surface area (Å²) >= 11 is 0. The first-order valence-corrected chi connectivity index (χ1v) is 12.6. The molecule has 1 fully saturated rings. The Morgan fingerprint density at radius 2 is 1.78 bits per heavy atom. The zero-order valence-corrected chi connectivity index (χ0v) is 20.2. The Labute approximate surface area is 214 Å². The summed E-state index contributed by atoms with van der Waals surface area (Å²) in [7, 11) is 0. The molecule has 0 bridgehead atoms. The number of rotatable bonds is 5. The van der Waals surface area contributed by atoms with Gasteiger partial charge in [0.2, 0.25) is 12.7 Å². The van der Waals surface area contributed by atoms with Crippen LogP contribution in [0.4, 0.5) is 5.69 Å². The van der Waals surface area contributed by atoms with Crippen LogP contribution in [0.1, 0.15) is 39.9 Å². The van der Waals surface area contributed by atoms with E-state index in [1.54, 1.807) is 17.0 Å². The standard InChI is InChI=1S/C29H26N2O6/c32-27(30-14-19-7-5-11-34-19)20-8-2-1-6-18(20)15-31-23-10-4-3-9-21(23)29(28(31)33)16-35-24-13-26-25(12-22(24)29)36-17-37-26/h1-4,6,8-10,12-13,19H,5,7,11,14-17H2,(H,30,32). The van der Waals surface area contributed by atoms with Crippen LogP contribution >= 0.6 is 0 Å². The number of amides is 2. The highest BCUT2D eigenvalue weighted by Gasteiger charge is 2.57. The van der Waals surface area contributed by atoms with E-state index in [4.69, 9.17) is 18.9 Å². The minimum atomic E-state index is -0.982. The monoisotopic (exact) mass is 498 g/mol. The molecule has 2 atom stereocenters. The van der Waals surface area contributed by atoms with Gasteiger partial charge >= 0.3 is 0 Å². The van der Waals surface area contributed by atoms with Crippen molar-refractivity contribution in [3.05, 3.63) is 82.9 Å². The van der Waals surface area contributed by atoms with E-state index in [1.165, 1.54) is 0 Å². The Kier molecular flexibility index (Phi) is 5.11. The van der Waals surface area contributed by atoms with Crippen LogP contribution in [-0.4, -0.2) is 44.5 Å². The minimum Gasteiger partial charge on any atom is -0.491 e. The molecular formula is C29H26N2O6. The van der Waals surface area contributed by atoms with E-state index < -0.39 is 5.41 Å². The molecule has 37 heavy (non-hydrogen) atoms. The van der Waals surface area contributed by atoms with Gasteiger partial charge < -0.3 is 29.2 Å². The molecule has 1 saturated heterocycles. The summed E-state index contributed by atoms with van der Waals surface area (Å²) in [6, 6.07) is 18.9.